The number of β-amino-alcohol motifs (C(OH)–C–C–N with tert-alkyl or cyclic N) is 1. The van der Waals surface area contributed by atoms with Crippen molar-refractivity contribution in [2.24, 2.45) is 0 Å². The number of fused-ring (bicyclic) bond motifs is 1. The Morgan fingerprint density at radius 1 is 1.43 bits per heavy atom. The molecule has 1 unspecified atom stereocenters. The van der Waals surface area contributed by atoms with Gasteiger partial charge in [0, 0.05) is 29.9 Å². The number of aliphatic hydroxyl groups excluding tert-OH is 1. The van der Waals surface area contributed by atoms with Gasteiger partial charge in [-0.3, -0.25) is 0 Å². The molecule has 2 heterocycles. The van der Waals surface area contributed by atoms with Crippen LogP contribution < -0.4 is 4.90 Å². The standard InChI is InChI=1S/C16H19FN2O2/c1-11-8-14(12-4-2-5-13(17)15(12)18-11)19-7-3-6-16(21,9-19)10-20/h2,4-5,8,20-21H,3,6-7,9-10H2,1H3. The first-order chi connectivity index (χ1) is 10.0. The predicted molar refractivity (Wildman–Crippen MR) is 79.9 cm³/mol. The number of aliphatic hydroxyl groups is 2. The van der Waals surface area contributed by atoms with Crippen LogP contribution in [0, 0.1) is 12.7 Å². The Morgan fingerprint density at radius 2 is 2.24 bits per heavy atom. The zero-order valence-corrected chi connectivity index (χ0v) is 12.0. The molecule has 2 aromatic rings. The third-order valence-corrected chi connectivity index (χ3v) is 4.09. The fraction of sp³-hybridized carbons (Fsp3) is 0.438. The van der Waals surface area contributed by atoms with Crippen LogP contribution in [0.4, 0.5) is 10.1 Å². The Kier molecular flexibility index (Phi) is 3.55. The summed E-state index contributed by atoms with van der Waals surface area (Å²) in [4.78, 5) is 6.28. The van der Waals surface area contributed by atoms with Crippen molar-refractivity contribution in [2.75, 3.05) is 24.6 Å². The highest BCUT2D eigenvalue weighted by atomic mass is 19.1. The van der Waals surface area contributed by atoms with Gasteiger partial charge in [0.05, 0.1) is 6.61 Å². The average molecular weight is 290 g/mol. The van der Waals surface area contributed by atoms with Crippen LogP contribution in [0.25, 0.3) is 10.9 Å². The third kappa shape index (κ3) is 2.59. The summed E-state index contributed by atoms with van der Waals surface area (Å²) < 4.78 is 14.0. The number of aryl methyl sites for hydroxylation is 1. The van der Waals surface area contributed by atoms with Crippen molar-refractivity contribution in [1.29, 1.82) is 0 Å². The number of benzene rings is 1. The van der Waals surface area contributed by atoms with Crippen molar-refractivity contribution in [3.05, 3.63) is 35.8 Å². The van der Waals surface area contributed by atoms with Crippen molar-refractivity contribution in [3.63, 3.8) is 0 Å². The number of nitrogens with zero attached hydrogens (tertiary/aromatic N) is 2. The minimum absolute atomic E-state index is 0.264. The molecule has 0 bridgehead atoms. The van der Waals surface area contributed by atoms with E-state index in [9.17, 15) is 14.6 Å². The zero-order chi connectivity index (χ0) is 15.0. The first-order valence-corrected chi connectivity index (χ1v) is 7.16. The molecule has 1 saturated heterocycles. The lowest BCUT2D eigenvalue weighted by molar-refractivity contribution is -0.0240. The van der Waals surface area contributed by atoms with Gasteiger partial charge in [0.1, 0.15) is 16.9 Å². The van der Waals surface area contributed by atoms with Gasteiger partial charge in [-0.15, -0.1) is 0 Å². The van der Waals surface area contributed by atoms with Crippen LogP contribution in [0.15, 0.2) is 24.3 Å². The normalized spacial score (nSPS) is 22.8. The first kappa shape index (κ1) is 14.2. The van der Waals surface area contributed by atoms with E-state index in [2.05, 4.69) is 4.98 Å². The number of pyridine rings is 1. The summed E-state index contributed by atoms with van der Waals surface area (Å²) in [6.07, 6.45) is 1.37. The molecule has 21 heavy (non-hydrogen) atoms. The summed E-state index contributed by atoms with van der Waals surface area (Å²) >= 11 is 0. The van der Waals surface area contributed by atoms with E-state index in [0.29, 0.717) is 18.5 Å². The summed E-state index contributed by atoms with van der Waals surface area (Å²) in [6, 6.07) is 6.82. The Morgan fingerprint density at radius 3 is 3.00 bits per heavy atom. The zero-order valence-electron chi connectivity index (χ0n) is 12.0. The molecule has 112 valence electrons. The lowest BCUT2D eigenvalue weighted by Crippen LogP contribution is -2.50. The molecule has 1 aliphatic heterocycles. The molecule has 2 N–H and O–H groups in total. The highest BCUT2D eigenvalue weighted by molar-refractivity contribution is 5.92. The highest BCUT2D eigenvalue weighted by Crippen LogP contribution is 2.32. The number of aromatic nitrogens is 1. The van der Waals surface area contributed by atoms with Crippen LogP contribution >= 0.6 is 0 Å². The average Bonchev–Trinajstić information content (AvgIpc) is 2.48. The highest BCUT2D eigenvalue weighted by Gasteiger charge is 2.33. The van der Waals surface area contributed by atoms with Gasteiger partial charge in [-0.1, -0.05) is 12.1 Å². The molecule has 0 aliphatic carbocycles. The number of para-hydroxylation sites is 1. The molecule has 1 aromatic heterocycles. The minimum Gasteiger partial charge on any atom is -0.393 e. The monoisotopic (exact) mass is 290 g/mol. The number of halogens is 1. The van der Waals surface area contributed by atoms with E-state index < -0.39 is 5.60 Å². The number of hydrogen-bond donors (Lipinski definition) is 2. The third-order valence-electron chi connectivity index (χ3n) is 4.09. The number of anilines is 1. The lowest BCUT2D eigenvalue weighted by Gasteiger charge is -2.39. The molecule has 0 radical (unpaired) electrons. The molecule has 0 spiro atoms. The second kappa shape index (κ2) is 5.24. The van der Waals surface area contributed by atoms with Gasteiger partial charge in [0.15, 0.2) is 0 Å². The fourth-order valence-electron chi connectivity index (χ4n) is 3.03. The maximum absolute atomic E-state index is 14.0. The topological polar surface area (TPSA) is 56.6 Å². The Labute approximate surface area is 122 Å². The van der Waals surface area contributed by atoms with E-state index in [1.165, 1.54) is 6.07 Å². The molecule has 1 aliphatic rings. The second-order valence-electron chi connectivity index (χ2n) is 5.83. The van der Waals surface area contributed by atoms with Crippen molar-refractivity contribution in [2.45, 2.75) is 25.4 Å². The number of rotatable bonds is 2. The maximum Gasteiger partial charge on any atom is 0.149 e. The second-order valence-corrected chi connectivity index (χ2v) is 5.83. The smallest absolute Gasteiger partial charge is 0.149 e. The molecule has 3 rings (SSSR count). The molecule has 1 fully saturated rings. The van der Waals surface area contributed by atoms with Gasteiger partial charge in [-0.2, -0.15) is 0 Å². The Bertz CT molecular complexity index is 677. The number of piperidine rings is 1. The summed E-state index contributed by atoms with van der Waals surface area (Å²) in [5, 5.41) is 20.4. The number of hydrogen-bond acceptors (Lipinski definition) is 4. The van der Waals surface area contributed by atoms with E-state index >= 15 is 0 Å². The van der Waals surface area contributed by atoms with Crippen LogP contribution in [0.1, 0.15) is 18.5 Å². The van der Waals surface area contributed by atoms with Crippen molar-refractivity contribution < 1.29 is 14.6 Å². The fourth-order valence-corrected chi connectivity index (χ4v) is 3.03. The van der Waals surface area contributed by atoms with Gasteiger partial charge in [-0.05, 0) is 31.9 Å². The molecule has 5 heteroatoms. The van der Waals surface area contributed by atoms with Crippen molar-refractivity contribution in [1.82, 2.24) is 4.98 Å². The van der Waals surface area contributed by atoms with Crippen LogP contribution in [0.5, 0.6) is 0 Å². The summed E-state index contributed by atoms with van der Waals surface area (Å²) in [5.74, 6) is -0.341. The molecule has 1 atom stereocenters. The maximum atomic E-state index is 14.0. The Balaban J connectivity index is 2.10. The van der Waals surface area contributed by atoms with Gasteiger partial charge in [0.25, 0.3) is 0 Å². The first-order valence-electron chi connectivity index (χ1n) is 7.16. The molecule has 0 saturated carbocycles. The van der Waals surface area contributed by atoms with E-state index in [4.69, 9.17) is 0 Å². The minimum atomic E-state index is -1.09. The predicted octanol–water partition coefficient (Wildman–Crippen LogP) is 2.01. The van der Waals surface area contributed by atoms with Gasteiger partial charge in [-0.25, -0.2) is 9.37 Å². The molecule has 1 aromatic carbocycles. The molecular formula is C16H19FN2O2. The van der Waals surface area contributed by atoms with E-state index in [1.54, 1.807) is 6.07 Å². The van der Waals surface area contributed by atoms with Gasteiger partial charge in [0.2, 0.25) is 0 Å². The van der Waals surface area contributed by atoms with Crippen molar-refractivity contribution in [3.8, 4) is 0 Å². The Hall–Kier alpha value is -1.72. The van der Waals surface area contributed by atoms with E-state index in [0.717, 1.165) is 29.7 Å². The largest absolute Gasteiger partial charge is 0.393 e. The van der Waals surface area contributed by atoms with Crippen LogP contribution in [-0.2, 0) is 0 Å². The molecule has 0 amide bonds. The summed E-state index contributed by atoms with van der Waals surface area (Å²) in [6.45, 7) is 2.69. The molecule has 4 nitrogen and oxygen atoms in total. The van der Waals surface area contributed by atoms with Crippen LogP contribution in [0.2, 0.25) is 0 Å². The van der Waals surface area contributed by atoms with Gasteiger partial charge >= 0.3 is 0 Å². The van der Waals surface area contributed by atoms with Crippen molar-refractivity contribution >= 4 is 16.6 Å². The molecular weight excluding hydrogens is 271 g/mol. The quantitative estimate of drug-likeness (QED) is 0.888. The summed E-state index contributed by atoms with van der Waals surface area (Å²) in [7, 11) is 0. The van der Waals surface area contributed by atoms with Crippen LogP contribution in [-0.4, -0.2) is 40.5 Å². The van der Waals surface area contributed by atoms with E-state index in [1.807, 2.05) is 24.0 Å². The van der Waals surface area contributed by atoms with E-state index in [-0.39, 0.29) is 12.4 Å². The lowest BCUT2D eigenvalue weighted by atomic mass is 9.93. The SMILES string of the molecule is Cc1cc(N2CCCC(O)(CO)C2)c2cccc(F)c2n1. The summed E-state index contributed by atoms with van der Waals surface area (Å²) in [5.41, 5.74) is 0.865. The van der Waals surface area contributed by atoms with Gasteiger partial charge < -0.3 is 15.1 Å². The van der Waals surface area contributed by atoms with Crippen LogP contribution in [0.3, 0.4) is 0 Å².